The number of carbonyl (C=O) groups excluding carboxylic acids is 1. The van der Waals surface area contributed by atoms with Crippen LogP contribution in [0, 0.1) is 18.8 Å². The molecule has 0 aromatic heterocycles. The second kappa shape index (κ2) is 7.82. The van der Waals surface area contributed by atoms with Crippen molar-refractivity contribution in [3.05, 3.63) is 29.3 Å². The molecule has 23 heavy (non-hydrogen) atoms. The summed E-state index contributed by atoms with van der Waals surface area (Å²) in [5.41, 5.74) is 2.70. The van der Waals surface area contributed by atoms with Gasteiger partial charge in [0.2, 0.25) is 0 Å². The minimum atomic E-state index is -0.267. The van der Waals surface area contributed by atoms with Crippen molar-refractivity contribution >= 4 is 11.6 Å². The number of benzene rings is 1. The third-order valence-electron chi connectivity index (χ3n) is 5.11. The van der Waals surface area contributed by atoms with Gasteiger partial charge in [0.05, 0.1) is 6.10 Å². The molecule has 1 aromatic rings. The van der Waals surface area contributed by atoms with Crippen LogP contribution in [-0.2, 0) is 0 Å². The second-order valence-corrected chi connectivity index (χ2v) is 7.12. The second-order valence-electron chi connectivity index (χ2n) is 7.12. The van der Waals surface area contributed by atoms with E-state index in [2.05, 4.69) is 31.4 Å². The lowest BCUT2D eigenvalue weighted by molar-refractivity contribution is 0.0916. The van der Waals surface area contributed by atoms with Crippen LogP contribution in [0.5, 0.6) is 0 Å². The van der Waals surface area contributed by atoms with E-state index in [1.54, 1.807) is 0 Å². The summed E-state index contributed by atoms with van der Waals surface area (Å²) in [6.45, 7) is 9.04. The fraction of sp³-hybridized carbons (Fsp3) is 0.632. The molecule has 3 atom stereocenters. The van der Waals surface area contributed by atoms with Crippen molar-refractivity contribution in [3.63, 3.8) is 0 Å². The molecule has 1 fully saturated rings. The predicted octanol–water partition coefficient (Wildman–Crippen LogP) is 3.34. The highest BCUT2D eigenvalue weighted by Crippen LogP contribution is 2.25. The van der Waals surface area contributed by atoms with E-state index in [4.69, 9.17) is 0 Å². The lowest BCUT2D eigenvalue weighted by atomic mass is 10.0. The largest absolute Gasteiger partial charge is 0.393 e. The highest BCUT2D eigenvalue weighted by molar-refractivity contribution is 5.97. The van der Waals surface area contributed by atoms with Crippen molar-refractivity contribution in [2.75, 3.05) is 11.9 Å². The van der Waals surface area contributed by atoms with Gasteiger partial charge in [-0.2, -0.15) is 0 Å². The molecule has 1 aliphatic carbocycles. The van der Waals surface area contributed by atoms with E-state index in [1.165, 1.54) is 0 Å². The summed E-state index contributed by atoms with van der Waals surface area (Å²) in [5, 5.41) is 16.3. The van der Waals surface area contributed by atoms with Crippen LogP contribution in [0.3, 0.4) is 0 Å². The number of nitrogens with one attached hydrogen (secondary N) is 2. The van der Waals surface area contributed by atoms with Gasteiger partial charge in [0.25, 0.3) is 5.91 Å². The molecule has 0 aliphatic heterocycles. The summed E-state index contributed by atoms with van der Waals surface area (Å²) < 4.78 is 0. The van der Waals surface area contributed by atoms with Crippen molar-refractivity contribution in [2.24, 2.45) is 11.8 Å². The number of aliphatic hydroxyl groups is 1. The van der Waals surface area contributed by atoms with Crippen LogP contribution in [0.1, 0.15) is 56.0 Å². The van der Waals surface area contributed by atoms with E-state index in [0.717, 1.165) is 30.5 Å². The molecular weight excluding hydrogens is 288 g/mol. The summed E-state index contributed by atoms with van der Waals surface area (Å²) in [6.07, 6.45) is 2.63. The molecule has 0 bridgehead atoms. The maximum absolute atomic E-state index is 12.5. The molecule has 1 aliphatic rings. The van der Waals surface area contributed by atoms with Gasteiger partial charge >= 0.3 is 0 Å². The lowest BCUT2D eigenvalue weighted by Crippen LogP contribution is -2.33. The van der Waals surface area contributed by atoms with Crippen LogP contribution in [0.15, 0.2) is 18.2 Å². The summed E-state index contributed by atoms with van der Waals surface area (Å²) >= 11 is 0. The Morgan fingerprint density at radius 3 is 2.65 bits per heavy atom. The van der Waals surface area contributed by atoms with Gasteiger partial charge in [0, 0.05) is 29.8 Å². The SMILES string of the molecule is Cc1c(NC(C)C(C)C)cccc1C(=O)NCC1CCCC1O. The zero-order valence-electron chi connectivity index (χ0n) is 14.7. The van der Waals surface area contributed by atoms with Gasteiger partial charge in [-0.1, -0.05) is 26.3 Å². The zero-order valence-corrected chi connectivity index (χ0v) is 14.7. The van der Waals surface area contributed by atoms with Crippen molar-refractivity contribution in [3.8, 4) is 0 Å². The Kier molecular flexibility index (Phi) is 6.05. The summed E-state index contributed by atoms with van der Waals surface area (Å²) in [7, 11) is 0. The number of rotatable bonds is 6. The van der Waals surface area contributed by atoms with Crippen LogP contribution < -0.4 is 10.6 Å². The highest BCUT2D eigenvalue weighted by Gasteiger charge is 2.25. The molecule has 0 saturated heterocycles. The van der Waals surface area contributed by atoms with E-state index in [1.807, 2.05) is 25.1 Å². The monoisotopic (exact) mass is 318 g/mol. The van der Waals surface area contributed by atoms with Crippen LogP contribution in [0.25, 0.3) is 0 Å². The molecule has 0 heterocycles. The standard InChI is InChI=1S/C19H30N2O2/c1-12(2)14(4)21-17-9-6-8-16(13(17)3)19(23)20-11-15-7-5-10-18(15)22/h6,8-9,12,14-15,18,21-22H,5,7,10-11H2,1-4H3,(H,20,23). The maximum atomic E-state index is 12.5. The number of aliphatic hydroxyl groups excluding tert-OH is 1. The van der Waals surface area contributed by atoms with Gasteiger partial charge in [0.1, 0.15) is 0 Å². The first-order valence-electron chi connectivity index (χ1n) is 8.72. The maximum Gasteiger partial charge on any atom is 0.251 e. The minimum absolute atomic E-state index is 0.0533. The molecule has 1 saturated carbocycles. The minimum Gasteiger partial charge on any atom is -0.393 e. The lowest BCUT2D eigenvalue weighted by Gasteiger charge is -2.21. The summed E-state index contributed by atoms with van der Waals surface area (Å²) in [5.74, 6) is 0.666. The summed E-state index contributed by atoms with van der Waals surface area (Å²) in [6, 6.07) is 6.15. The molecule has 1 aromatic carbocycles. The Hall–Kier alpha value is -1.55. The van der Waals surface area contributed by atoms with E-state index < -0.39 is 0 Å². The predicted molar refractivity (Wildman–Crippen MR) is 94.8 cm³/mol. The van der Waals surface area contributed by atoms with Crippen LogP contribution in [-0.4, -0.2) is 29.7 Å². The Morgan fingerprint density at radius 2 is 2.04 bits per heavy atom. The topological polar surface area (TPSA) is 61.4 Å². The smallest absolute Gasteiger partial charge is 0.251 e. The molecule has 2 rings (SSSR count). The molecule has 1 amide bonds. The van der Waals surface area contributed by atoms with Crippen molar-refractivity contribution in [1.82, 2.24) is 5.32 Å². The van der Waals surface area contributed by atoms with Gasteiger partial charge in [-0.15, -0.1) is 0 Å². The van der Waals surface area contributed by atoms with Crippen LogP contribution in [0.2, 0.25) is 0 Å². The average Bonchev–Trinajstić information content (AvgIpc) is 2.92. The van der Waals surface area contributed by atoms with E-state index in [0.29, 0.717) is 24.1 Å². The molecule has 4 nitrogen and oxygen atoms in total. The van der Waals surface area contributed by atoms with Gasteiger partial charge in [-0.3, -0.25) is 4.79 Å². The number of hydrogen-bond acceptors (Lipinski definition) is 3. The van der Waals surface area contributed by atoms with Gasteiger partial charge in [-0.05, 0) is 50.3 Å². The molecule has 3 N–H and O–H groups in total. The third kappa shape index (κ3) is 4.47. The fourth-order valence-electron chi connectivity index (χ4n) is 3.02. The molecule has 0 radical (unpaired) electrons. The van der Waals surface area contributed by atoms with Gasteiger partial charge in [-0.25, -0.2) is 0 Å². The van der Waals surface area contributed by atoms with E-state index >= 15 is 0 Å². The van der Waals surface area contributed by atoms with Gasteiger partial charge < -0.3 is 15.7 Å². The molecule has 0 spiro atoms. The molecule has 3 unspecified atom stereocenters. The Morgan fingerprint density at radius 1 is 1.30 bits per heavy atom. The van der Waals surface area contributed by atoms with E-state index in [9.17, 15) is 9.90 Å². The van der Waals surface area contributed by atoms with Crippen molar-refractivity contribution < 1.29 is 9.90 Å². The Bertz CT molecular complexity index is 542. The number of carbonyl (C=O) groups is 1. The van der Waals surface area contributed by atoms with Crippen molar-refractivity contribution in [2.45, 2.75) is 59.1 Å². The Balaban J connectivity index is 2.02. The number of amides is 1. The molecular formula is C19H30N2O2. The van der Waals surface area contributed by atoms with E-state index in [-0.39, 0.29) is 17.9 Å². The van der Waals surface area contributed by atoms with Gasteiger partial charge in [0.15, 0.2) is 0 Å². The number of anilines is 1. The number of hydrogen-bond donors (Lipinski definition) is 3. The first-order valence-corrected chi connectivity index (χ1v) is 8.72. The molecule has 4 heteroatoms. The Labute approximate surface area is 139 Å². The van der Waals surface area contributed by atoms with Crippen LogP contribution in [0.4, 0.5) is 5.69 Å². The zero-order chi connectivity index (χ0) is 17.0. The fourth-order valence-corrected chi connectivity index (χ4v) is 3.02. The first-order chi connectivity index (χ1) is 10.9. The van der Waals surface area contributed by atoms with Crippen LogP contribution >= 0.6 is 0 Å². The third-order valence-corrected chi connectivity index (χ3v) is 5.11. The average molecular weight is 318 g/mol. The van der Waals surface area contributed by atoms with Crippen molar-refractivity contribution in [1.29, 1.82) is 0 Å². The summed E-state index contributed by atoms with van der Waals surface area (Å²) in [4.78, 5) is 12.5. The normalized spacial score (nSPS) is 22.2. The molecule has 128 valence electrons. The highest BCUT2D eigenvalue weighted by atomic mass is 16.3. The first kappa shape index (κ1) is 17.8. The quantitative estimate of drug-likeness (QED) is 0.754.